The number of amides is 3. The van der Waals surface area contributed by atoms with Crippen LogP contribution in [0.3, 0.4) is 0 Å². The Morgan fingerprint density at radius 1 is 0.852 bits per heavy atom. The number of nitrogens with one attached hydrogen (secondary N) is 2. The van der Waals surface area contributed by atoms with E-state index in [-0.39, 0.29) is 11.3 Å². The van der Waals surface area contributed by atoms with Gasteiger partial charge in [0.15, 0.2) is 11.9 Å². The van der Waals surface area contributed by atoms with Crippen LogP contribution in [-0.4, -0.2) is 29.8 Å². The van der Waals surface area contributed by atoms with Gasteiger partial charge in [-0.2, -0.15) is 0 Å². The molecule has 0 saturated carbocycles. The highest BCUT2D eigenvalue weighted by atomic mass is 16.5. The molecule has 0 aromatic heterocycles. The minimum absolute atomic E-state index is 0.0766. The number of carbonyl (C=O) groups is 4. The van der Waals surface area contributed by atoms with E-state index in [4.69, 9.17) is 10.5 Å². The van der Waals surface area contributed by atoms with Crippen LogP contribution in [0.2, 0.25) is 0 Å². The Morgan fingerprint density at radius 3 is 1.81 bits per heavy atom. The van der Waals surface area contributed by atoms with Gasteiger partial charge >= 0.3 is 12.0 Å². The third-order valence-electron chi connectivity index (χ3n) is 3.60. The average Bonchev–Trinajstić information content (AvgIpc) is 2.62. The van der Waals surface area contributed by atoms with Crippen molar-refractivity contribution in [1.29, 1.82) is 0 Å². The summed E-state index contributed by atoms with van der Waals surface area (Å²) in [6.45, 7) is 2.89. The molecule has 0 bridgehead atoms. The second-order valence-corrected chi connectivity index (χ2v) is 5.74. The van der Waals surface area contributed by atoms with Crippen LogP contribution in [0.1, 0.15) is 34.6 Å². The lowest BCUT2D eigenvalue weighted by Crippen LogP contribution is -2.30. The lowest BCUT2D eigenvalue weighted by atomic mass is 10.1. The van der Waals surface area contributed by atoms with Crippen LogP contribution < -0.4 is 16.4 Å². The second-order valence-electron chi connectivity index (χ2n) is 5.74. The van der Waals surface area contributed by atoms with Crippen molar-refractivity contribution in [3.05, 3.63) is 59.7 Å². The van der Waals surface area contributed by atoms with Gasteiger partial charge in [-0.25, -0.2) is 9.59 Å². The molecule has 2 aromatic rings. The zero-order valence-electron chi connectivity index (χ0n) is 14.8. The first-order valence-electron chi connectivity index (χ1n) is 8.05. The largest absolute Gasteiger partial charge is 0.449 e. The predicted molar refractivity (Wildman–Crippen MR) is 99.6 cm³/mol. The van der Waals surface area contributed by atoms with Crippen LogP contribution in [0, 0.1) is 0 Å². The molecule has 0 aliphatic heterocycles. The molecule has 2 aromatic carbocycles. The van der Waals surface area contributed by atoms with Crippen molar-refractivity contribution in [3.8, 4) is 0 Å². The lowest BCUT2D eigenvalue weighted by Gasteiger charge is -2.14. The van der Waals surface area contributed by atoms with E-state index in [0.717, 1.165) is 0 Å². The number of urea groups is 1. The molecule has 0 aliphatic rings. The number of nitrogens with two attached hydrogens (primary N) is 1. The Kier molecular flexibility index (Phi) is 6.27. The maximum absolute atomic E-state index is 12.2. The number of Topliss-reactive ketones (excluding diaryl/α,β-unsaturated/α-hetero) is 1. The Bertz CT molecular complexity index is 860. The molecule has 0 fully saturated rings. The van der Waals surface area contributed by atoms with E-state index in [1.165, 1.54) is 38.1 Å². The van der Waals surface area contributed by atoms with Crippen LogP contribution in [0.5, 0.6) is 0 Å². The Morgan fingerprint density at radius 2 is 1.33 bits per heavy atom. The van der Waals surface area contributed by atoms with Gasteiger partial charge in [-0.05, 0) is 62.4 Å². The van der Waals surface area contributed by atoms with Gasteiger partial charge < -0.3 is 21.1 Å². The summed E-state index contributed by atoms with van der Waals surface area (Å²) in [6.07, 6.45) is -1.03. The minimum atomic E-state index is -1.03. The molecule has 8 heteroatoms. The maximum Gasteiger partial charge on any atom is 0.338 e. The molecule has 27 heavy (non-hydrogen) atoms. The van der Waals surface area contributed by atoms with Gasteiger partial charge in [-0.15, -0.1) is 0 Å². The van der Waals surface area contributed by atoms with Gasteiger partial charge in [-0.1, -0.05) is 0 Å². The highest BCUT2D eigenvalue weighted by molar-refractivity contribution is 5.98. The van der Waals surface area contributed by atoms with Gasteiger partial charge in [0, 0.05) is 16.9 Å². The topological polar surface area (TPSA) is 128 Å². The van der Waals surface area contributed by atoms with E-state index in [1.54, 1.807) is 24.3 Å². The molecule has 3 amide bonds. The highest BCUT2D eigenvalue weighted by Crippen LogP contribution is 2.13. The number of anilines is 2. The smallest absolute Gasteiger partial charge is 0.338 e. The minimum Gasteiger partial charge on any atom is -0.449 e. The fourth-order valence-corrected chi connectivity index (χ4v) is 2.15. The van der Waals surface area contributed by atoms with Crippen molar-refractivity contribution < 1.29 is 23.9 Å². The van der Waals surface area contributed by atoms with Crippen molar-refractivity contribution >= 4 is 35.1 Å². The fourth-order valence-electron chi connectivity index (χ4n) is 2.15. The van der Waals surface area contributed by atoms with E-state index in [1.807, 2.05) is 0 Å². The lowest BCUT2D eigenvalue weighted by molar-refractivity contribution is -0.123. The van der Waals surface area contributed by atoms with Gasteiger partial charge in [0.05, 0.1) is 5.56 Å². The summed E-state index contributed by atoms with van der Waals surface area (Å²) in [5.41, 5.74) is 6.66. The highest BCUT2D eigenvalue weighted by Gasteiger charge is 2.19. The van der Waals surface area contributed by atoms with Gasteiger partial charge in [0.1, 0.15) is 0 Å². The third-order valence-corrected chi connectivity index (χ3v) is 3.60. The Balaban J connectivity index is 1.93. The molecular weight excluding hydrogens is 350 g/mol. The molecule has 0 heterocycles. The fraction of sp³-hybridized carbons (Fsp3) is 0.158. The number of carbonyl (C=O) groups excluding carboxylic acids is 4. The van der Waals surface area contributed by atoms with Crippen LogP contribution in [-0.2, 0) is 9.53 Å². The van der Waals surface area contributed by atoms with E-state index in [0.29, 0.717) is 16.9 Å². The first kappa shape index (κ1) is 19.6. The van der Waals surface area contributed by atoms with Gasteiger partial charge in [0.2, 0.25) is 0 Å². The van der Waals surface area contributed by atoms with E-state index >= 15 is 0 Å². The summed E-state index contributed by atoms with van der Waals surface area (Å²) in [4.78, 5) is 46.3. The van der Waals surface area contributed by atoms with Gasteiger partial charge in [-0.3, -0.25) is 9.59 Å². The van der Waals surface area contributed by atoms with Crippen LogP contribution in [0.25, 0.3) is 0 Å². The number of benzene rings is 2. The summed E-state index contributed by atoms with van der Waals surface area (Å²) in [7, 11) is 0. The monoisotopic (exact) mass is 369 g/mol. The quantitative estimate of drug-likeness (QED) is 0.532. The van der Waals surface area contributed by atoms with Crippen molar-refractivity contribution in [2.75, 3.05) is 10.6 Å². The number of rotatable bonds is 6. The molecule has 1 atom stereocenters. The summed E-state index contributed by atoms with van der Waals surface area (Å²) in [5.74, 6) is -1.27. The van der Waals surface area contributed by atoms with E-state index < -0.39 is 24.0 Å². The number of primary amides is 1. The van der Waals surface area contributed by atoms with Crippen molar-refractivity contribution in [1.82, 2.24) is 0 Å². The number of ketones is 1. The molecule has 0 saturated heterocycles. The molecule has 8 nitrogen and oxygen atoms in total. The average molecular weight is 369 g/mol. The van der Waals surface area contributed by atoms with E-state index in [9.17, 15) is 19.2 Å². The first-order valence-corrected chi connectivity index (χ1v) is 8.05. The molecule has 0 aliphatic carbocycles. The number of ether oxygens (including phenoxy) is 1. The molecule has 4 N–H and O–H groups in total. The zero-order valence-corrected chi connectivity index (χ0v) is 14.8. The Hall–Kier alpha value is -3.68. The molecule has 0 unspecified atom stereocenters. The van der Waals surface area contributed by atoms with Crippen LogP contribution in [0.15, 0.2) is 48.5 Å². The predicted octanol–water partition coefficient (Wildman–Crippen LogP) is 2.56. The number of esters is 1. The summed E-state index contributed by atoms with van der Waals surface area (Å²) in [5, 5.41) is 4.98. The standard InChI is InChI=1S/C19H19N3O5/c1-11(23)13-3-7-15(8-4-13)21-17(24)12(2)27-18(25)14-5-9-16(10-6-14)22-19(20)26/h3-10,12H,1-2H3,(H,21,24)(H3,20,22,26)/t12-/m0/s1. The SMILES string of the molecule is CC(=O)c1ccc(NC(=O)[C@H](C)OC(=O)c2ccc(NC(N)=O)cc2)cc1. The first-order chi connectivity index (χ1) is 12.8. The van der Waals surface area contributed by atoms with Gasteiger partial charge in [0.25, 0.3) is 5.91 Å². The third kappa shape index (κ3) is 5.67. The zero-order chi connectivity index (χ0) is 20.0. The second kappa shape index (κ2) is 8.61. The summed E-state index contributed by atoms with van der Waals surface area (Å²) >= 11 is 0. The van der Waals surface area contributed by atoms with Crippen molar-refractivity contribution in [3.63, 3.8) is 0 Å². The number of hydrogen-bond acceptors (Lipinski definition) is 5. The molecular formula is C19H19N3O5. The number of hydrogen-bond donors (Lipinski definition) is 3. The molecule has 2 rings (SSSR count). The normalized spacial score (nSPS) is 11.2. The van der Waals surface area contributed by atoms with Crippen molar-refractivity contribution in [2.24, 2.45) is 5.73 Å². The molecule has 0 radical (unpaired) electrons. The van der Waals surface area contributed by atoms with Crippen LogP contribution in [0.4, 0.5) is 16.2 Å². The molecule has 0 spiro atoms. The summed E-state index contributed by atoms with van der Waals surface area (Å²) in [6, 6.07) is 11.5. The Labute approximate surface area is 155 Å². The summed E-state index contributed by atoms with van der Waals surface area (Å²) < 4.78 is 5.14. The van der Waals surface area contributed by atoms with Crippen LogP contribution >= 0.6 is 0 Å². The maximum atomic E-state index is 12.2. The van der Waals surface area contributed by atoms with E-state index in [2.05, 4.69) is 10.6 Å². The molecule has 140 valence electrons. The van der Waals surface area contributed by atoms with Crippen molar-refractivity contribution in [2.45, 2.75) is 20.0 Å².